The molecule has 0 spiro atoms. The van der Waals surface area contributed by atoms with Gasteiger partial charge in [0.1, 0.15) is 12.2 Å². The van der Waals surface area contributed by atoms with Crippen LogP contribution >= 0.6 is 8.25 Å². The van der Waals surface area contributed by atoms with Crippen molar-refractivity contribution in [1.29, 1.82) is 0 Å². The van der Waals surface area contributed by atoms with Gasteiger partial charge in [0.15, 0.2) is 0 Å². The van der Waals surface area contributed by atoms with E-state index in [-0.39, 0.29) is 24.4 Å². The fraction of sp³-hybridized carbons (Fsp3) is 1.00. The van der Waals surface area contributed by atoms with E-state index in [0.29, 0.717) is 12.8 Å². The number of aliphatic hydroxyl groups excluding tert-OH is 2. The van der Waals surface area contributed by atoms with Crippen LogP contribution in [-0.4, -0.2) is 34.6 Å². The standard InChI is InChI=1S/C12H22O5P/c13-9-3-1-5-11(7-9)16-18(15)17-12-6-2-4-10(14)8-12/h9-14H,1-8H2/q+1. The predicted molar refractivity (Wildman–Crippen MR) is 66.3 cm³/mol. The molecule has 5 nitrogen and oxygen atoms in total. The smallest absolute Gasteiger partial charge is 0.393 e. The topological polar surface area (TPSA) is 76.0 Å². The Balaban J connectivity index is 1.71. The lowest BCUT2D eigenvalue weighted by Crippen LogP contribution is -2.26. The second-order valence-electron chi connectivity index (χ2n) is 5.32. The first-order valence-corrected chi connectivity index (χ1v) is 7.90. The van der Waals surface area contributed by atoms with Crippen LogP contribution in [0.3, 0.4) is 0 Å². The third-order valence-electron chi connectivity index (χ3n) is 3.67. The lowest BCUT2D eigenvalue weighted by atomic mass is 9.95. The summed E-state index contributed by atoms with van der Waals surface area (Å²) in [4.78, 5) is 0. The highest BCUT2D eigenvalue weighted by Gasteiger charge is 2.35. The van der Waals surface area contributed by atoms with Gasteiger partial charge in [0.25, 0.3) is 0 Å². The molecule has 4 atom stereocenters. The molecule has 0 heterocycles. The molecule has 2 saturated carbocycles. The zero-order valence-electron chi connectivity index (χ0n) is 10.5. The Kier molecular flexibility index (Phi) is 5.52. The molecular weight excluding hydrogens is 255 g/mol. The molecule has 0 aromatic carbocycles. The Morgan fingerprint density at radius 2 is 1.28 bits per heavy atom. The van der Waals surface area contributed by atoms with Crippen LogP contribution in [0.25, 0.3) is 0 Å². The summed E-state index contributed by atoms with van der Waals surface area (Å²) in [6, 6.07) is 0. The van der Waals surface area contributed by atoms with E-state index in [2.05, 4.69) is 0 Å². The van der Waals surface area contributed by atoms with Crippen molar-refractivity contribution in [2.45, 2.75) is 75.8 Å². The summed E-state index contributed by atoms with van der Waals surface area (Å²) in [6.45, 7) is 0. The number of hydrogen-bond donors (Lipinski definition) is 2. The van der Waals surface area contributed by atoms with E-state index in [0.717, 1.165) is 38.5 Å². The molecule has 0 aromatic rings. The van der Waals surface area contributed by atoms with Crippen LogP contribution < -0.4 is 0 Å². The predicted octanol–water partition coefficient (Wildman–Crippen LogP) is 2.28. The van der Waals surface area contributed by atoms with E-state index < -0.39 is 8.25 Å². The summed E-state index contributed by atoms with van der Waals surface area (Å²) in [6.07, 6.45) is 5.12. The maximum atomic E-state index is 11.7. The largest absolute Gasteiger partial charge is 0.697 e. The molecule has 2 fully saturated rings. The van der Waals surface area contributed by atoms with Crippen molar-refractivity contribution in [2.24, 2.45) is 0 Å². The van der Waals surface area contributed by atoms with Gasteiger partial charge in [0.05, 0.1) is 12.2 Å². The minimum Gasteiger partial charge on any atom is -0.393 e. The van der Waals surface area contributed by atoms with Gasteiger partial charge in [-0.05, 0) is 38.5 Å². The van der Waals surface area contributed by atoms with Crippen molar-refractivity contribution in [3.05, 3.63) is 0 Å². The summed E-state index contributed by atoms with van der Waals surface area (Å²) < 4.78 is 22.4. The first-order chi connectivity index (χ1) is 8.63. The molecule has 2 rings (SSSR count). The van der Waals surface area contributed by atoms with Crippen LogP contribution in [0.2, 0.25) is 0 Å². The second-order valence-corrected chi connectivity index (χ2v) is 6.19. The highest BCUT2D eigenvalue weighted by atomic mass is 31.1. The Labute approximate surface area is 108 Å². The molecular formula is C12H22O5P+. The minimum absolute atomic E-state index is 0.161. The molecule has 2 aliphatic carbocycles. The summed E-state index contributed by atoms with van der Waals surface area (Å²) in [7, 11) is -2.14. The zero-order valence-corrected chi connectivity index (χ0v) is 11.4. The maximum absolute atomic E-state index is 11.7. The van der Waals surface area contributed by atoms with Crippen molar-refractivity contribution in [1.82, 2.24) is 0 Å². The summed E-state index contributed by atoms with van der Waals surface area (Å²) in [5, 5.41) is 19.0. The number of aliphatic hydroxyl groups is 2. The van der Waals surface area contributed by atoms with E-state index in [4.69, 9.17) is 9.05 Å². The fourth-order valence-electron chi connectivity index (χ4n) is 2.70. The van der Waals surface area contributed by atoms with E-state index in [1.165, 1.54) is 0 Å². The Morgan fingerprint density at radius 1 is 0.833 bits per heavy atom. The average molecular weight is 277 g/mol. The molecule has 0 radical (unpaired) electrons. The molecule has 4 unspecified atom stereocenters. The summed E-state index contributed by atoms with van der Waals surface area (Å²) >= 11 is 0. The van der Waals surface area contributed by atoms with E-state index in [1.807, 2.05) is 0 Å². The quantitative estimate of drug-likeness (QED) is 0.771. The van der Waals surface area contributed by atoms with Gasteiger partial charge < -0.3 is 10.2 Å². The number of hydrogen-bond acceptors (Lipinski definition) is 5. The SMILES string of the molecule is O=[P+](OC1CCCC(O)C1)OC1CCCC(O)C1. The third-order valence-corrected chi connectivity index (χ3v) is 4.61. The Morgan fingerprint density at radius 3 is 1.67 bits per heavy atom. The molecule has 0 aliphatic heterocycles. The first kappa shape index (κ1) is 14.4. The monoisotopic (exact) mass is 277 g/mol. The highest BCUT2D eigenvalue weighted by molar-refractivity contribution is 7.33. The van der Waals surface area contributed by atoms with Crippen molar-refractivity contribution in [2.75, 3.05) is 0 Å². The van der Waals surface area contributed by atoms with Crippen molar-refractivity contribution in [3.63, 3.8) is 0 Å². The summed E-state index contributed by atoms with van der Waals surface area (Å²) in [5.74, 6) is 0. The lowest BCUT2D eigenvalue weighted by Gasteiger charge is -2.23. The van der Waals surface area contributed by atoms with Crippen LogP contribution in [-0.2, 0) is 13.6 Å². The molecule has 0 aromatic heterocycles. The van der Waals surface area contributed by atoms with Crippen LogP contribution in [0.4, 0.5) is 0 Å². The third kappa shape index (κ3) is 4.56. The zero-order chi connectivity index (χ0) is 13.0. The van der Waals surface area contributed by atoms with Crippen molar-refractivity contribution >= 4 is 8.25 Å². The van der Waals surface area contributed by atoms with Gasteiger partial charge in [-0.3, -0.25) is 0 Å². The van der Waals surface area contributed by atoms with E-state index >= 15 is 0 Å². The fourth-order valence-corrected chi connectivity index (χ4v) is 3.62. The van der Waals surface area contributed by atoms with Gasteiger partial charge in [0, 0.05) is 17.4 Å². The molecule has 18 heavy (non-hydrogen) atoms. The van der Waals surface area contributed by atoms with Crippen LogP contribution in [0.15, 0.2) is 0 Å². The van der Waals surface area contributed by atoms with Gasteiger partial charge in [0.2, 0.25) is 0 Å². The lowest BCUT2D eigenvalue weighted by molar-refractivity contribution is 0.0245. The Hall–Kier alpha value is -0.0600. The molecule has 6 heteroatoms. The second kappa shape index (κ2) is 6.92. The van der Waals surface area contributed by atoms with Crippen molar-refractivity contribution < 1.29 is 23.8 Å². The van der Waals surface area contributed by atoms with Gasteiger partial charge >= 0.3 is 8.25 Å². The molecule has 2 aliphatic rings. The van der Waals surface area contributed by atoms with E-state index in [9.17, 15) is 14.8 Å². The van der Waals surface area contributed by atoms with Crippen LogP contribution in [0.1, 0.15) is 51.4 Å². The molecule has 0 amide bonds. The average Bonchev–Trinajstić information content (AvgIpc) is 2.28. The van der Waals surface area contributed by atoms with E-state index in [1.54, 1.807) is 0 Å². The molecule has 104 valence electrons. The van der Waals surface area contributed by atoms with Gasteiger partial charge in [-0.2, -0.15) is 0 Å². The molecule has 0 saturated heterocycles. The summed E-state index contributed by atoms with van der Waals surface area (Å²) in [5.41, 5.74) is 0. The normalized spacial score (nSPS) is 38.4. The highest BCUT2D eigenvalue weighted by Crippen LogP contribution is 2.36. The van der Waals surface area contributed by atoms with Gasteiger partial charge in [-0.15, -0.1) is 9.05 Å². The van der Waals surface area contributed by atoms with Crippen LogP contribution in [0.5, 0.6) is 0 Å². The maximum Gasteiger partial charge on any atom is 0.697 e. The molecule has 0 bridgehead atoms. The number of rotatable bonds is 4. The first-order valence-electron chi connectivity index (χ1n) is 6.80. The van der Waals surface area contributed by atoms with Gasteiger partial charge in [-0.25, -0.2) is 0 Å². The minimum atomic E-state index is -2.14. The molecule has 2 N–H and O–H groups in total. The van der Waals surface area contributed by atoms with Gasteiger partial charge in [-0.1, -0.05) is 0 Å². The van der Waals surface area contributed by atoms with Crippen molar-refractivity contribution in [3.8, 4) is 0 Å². The Bertz CT molecular complexity index is 260. The van der Waals surface area contributed by atoms with Crippen LogP contribution in [0, 0.1) is 0 Å².